The van der Waals surface area contributed by atoms with Crippen LogP contribution in [0.25, 0.3) is 16.9 Å². The summed E-state index contributed by atoms with van der Waals surface area (Å²) in [4.78, 5) is 34.8. The molecule has 0 aliphatic carbocycles. The minimum atomic E-state index is -0.0181. The molecule has 0 bridgehead atoms. The third-order valence-electron chi connectivity index (χ3n) is 5.67. The van der Waals surface area contributed by atoms with Crippen LogP contribution in [0.5, 0.6) is 0 Å². The minimum Gasteiger partial charge on any atom is -0.335 e. The van der Waals surface area contributed by atoms with Gasteiger partial charge in [-0.25, -0.2) is 4.98 Å². The van der Waals surface area contributed by atoms with Crippen molar-refractivity contribution >= 4 is 28.8 Å². The first kappa shape index (κ1) is 19.5. The first-order valence-electron chi connectivity index (χ1n) is 10.3. The molecule has 0 atom stereocenters. The number of benzene rings is 1. The van der Waals surface area contributed by atoms with Gasteiger partial charge in [0.25, 0.3) is 11.8 Å². The fraction of sp³-hybridized carbons (Fsp3) is 0.208. The molecule has 31 heavy (non-hydrogen) atoms. The zero-order valence-electron chi connectivity index (χ0n) is 17.2. The van der Waals surface area contributed by atoms with Crippen LogP contribution in [0.1, 0.15) is 25.7 Å². The second kappa shape index (κ2) is 8.00. The number of aryl methyl sites for hydroxylation is 1. The van der Waals surface area contributed by atoms with Crippen LogP contribution in [0.15, 0.2) is 66.2 Å². The van der Waals surface area contributed by atoms with Crippen molar-refractivity contribution in [2.24, 2.45) is 0 Å². The molecular weight excluding hydrogens is 408 g/mol. The molecule has 0 saturated carbocycles. The number of rotatable bonds is 3. The minimum absolute atomic E-state index is 0.0181. The Morgan fingerprint density at radius 3 is 2.26 bits per heavy atom. The molecule has 0 radical (unpaired) electrons. The van der Waals surface area contributed by atoms with E-state index in [-0.39, 0.29) is 11.8 Å². The quantitative estimate of drug-likeness (QED) is 0.494. The number of amides is 2. The molecule has 0 N–H and O–H groups in total. The van der Waals surface area contributed by atoms with E-state index in [4.69, 9.17) is 0 Å². The molecule has 1 saturated heterocycles. The first-order chi connectivity index (χ1) is 15.1. The number of imidazole rings is 1. The lowest BCUT2D eigenvalue weighted by Crippen LogP contribution is -2.50. The van der Waals surface area contributed by atoms with Gasteiger partial charge in [-0.15, -0.1) is 11.3 Å². The Labute approximate surface area is 184 Å². The van der Waals surface area contributed by atoms with Crippen LogP contribution in [0, 0.1) is 6.92 Å². The van der Waals surface area contributed by atoms with Crippen molar-refractivity contribution in [2.75, 3.05) is 26.2 Å². The van der Waals surface area contributed by atoms with Gasteiger partial charge in [-0.3, -0.25) is 14.0 Å². The number of carbonyl (C=O) groups excluding carboxylic acids is 2. The maximum absolute atomic E-state index is 13.2. The van der Waals surface area contributed by atoms with E-state index in [1.54, 1.807) is 0 Å². The molecule has 0 spiro atoms. The fourth-order valence-corrected chi connectivity index (χ4v) is 4.77. The van der Waals surface area contributed by atoms with E-state index in [1.807, 2.05) is 75.2 Å². The summed E-state index contributed by atoms with van der Waals surface area (Å²) in [7, 11) is 0. The monoisotopic (exact) mass is 430 g/mol. The lowest BCUT2D eigenvalue weighted by molar-refractivity contribution is 0.0538. The van der Waals surface area contributed by atoms with Gasteiger partial charge in [0.15, 0.2) is 0 Å². The van der Waals surface area contributed by atoms with E-state index >= 15 is 0 Å². The largest absolute Gasteiger partial charge is 0.335 e. The molecule has 2 amide bonds. The molecule has 7 heteroatoms. The van der Waals surface area contributed by atoms with Crippen LogP contribution < -0.4 is 0 Å². The summed E-state index contributed by atoms with van der Waals surface area (Å²) in [6, 6.07) is 17.5. The highest BCUT2D eigenvalue weighted by molar-refractivity contribution is 7.12. The Morgan fingerprint density at radius 2 is 1.58 bits per heavy atom. The number of thiophene rings is 1. The molecule has 1 aliphatic rings. The summed E-state index contributed by atoms with van der Waals surface area (Å²) >= 11 is 1.45. The van der Waals surface area contributed by atoms with Crippen LogP contribution in [0.4, 0.5) is 0 Å². The standard InChI is InChI=1S/C24H22N4O2S/c1-17-22(18-6-3-2-4-7-18)28-16-19(9-10-21(28)25-17)23(29)26-11-13-27(14-12-26)24(30)20-8-5-15-31-20/h2-10,15-16H,11-14H2,1H3. The van der Waals surface area contributed by atoms with Crippen molar-refractivity contribution in [3.05, 3.63) is 82.3 Å². The number of nitrogens with zero attached hydrogens (tertiary/aromatic N) is 4. The van der Waals surface area contributed by atoms with Gasteiger partial charge >= 0.3 is 0 Å². The third-order valence-corrected chi connectivity index (χ3v) is 6.53. The summed E-state index contributed by atoms with van der Waals surface area (Å²) in [6.45, 7) is 4.14. The molecule has 156 valence electrons. The maximum atomic E-state index is 13.2. The topological polar surface area (TPSA) is 57.9 Å². The van der Waals surface area contributed by atoms with Crippen LogP contribution in [-0.2, 0) is 0 Å². The number of hydrogen-bond donors (Lipinski definition) is 0. The summed E-state index contributed by atoms with van der Waals surface area (Å²) in [5, 5.41) is 1.91. The predicted molar refractivity (Wildman–Crippen MR) is 121 cm³/mol. The van der Waals surface area contributed by atoms with Gasteiger partial charge in [-0.2, -0.15) is 0 Å². The van der Waals surface area contributed by atoms with Gasteiger partial charge in [0, 0.05) is 37.9 Å². The molecule has 6 nitrogen and oxygen atoms in total. The number of carbonyl (C=O) groups is 2. The lowest BCUT2D eigenvalue weighted by atomic mass is 10.1. The highest BCUT2D eigenvalue weighted by Gasteiger charge is 2.26. The molecule has 1 aromatic carbocycles. The van der Waals surface area contributed by atoms with Gasteiger partial charge < -0.3 is 9.80 Å². The molecule has 4 heterocycles. The zero-order valence-corrected chi connectivity index (χ0v) is 18.0. The molecule has 0 unspecified atom stereocenters. The van der Waals surface area contributed by atoms with E-state index < -0.39 is 0 Å². The number of fused-ring (bicyclic) bond motifs is 1. The van der Waals surface area contributed by atoms with Gasteiger partial charge in [-0.05, 0) is 30.5 Å². The predicted octanol–water partition coefficient (Wildman–Crippen LogP) is 3.97. The Bertz CT molecular complexity index is 1240. The summed E-state index contributed by atoms with van der Waals surface area (Å²) in [5.41, 5.74) is 4.44. The average molecular weight is 431 g/mol. The molecule has 4 aromatic rings. The van der Waals surface area contributed by atoms with Gasteiger partial charge in [0.2, 0.25) is 0 Å². The number of piperazine rings is 1. The SMILES string of the molecule is Cc1nc2ccc(C(=O)N3CCN(C(=O)c4cccs4)CC3)cn2c1-c1ccccc1. The van der Waals surface area contributed by atoms with Crippen molar-refractivity contribution in [2.45, 2.75) is 6.92 Å². The van der Waals surface area contributed by atoms with Gasteiger partial charge in [-0.1, -0.05) is 36.4 Å². The molecular formula is C24H22N4O2S. The number of pyridine rings is 1. The van der Waals surface area contributed by atoms with E-state index in [1.165, 1.54) is 11.3 Å². The van der Waals surface area contributed by atoms with E-state index in [2.05, 4.69) is 17.1 Å². The average Bonchev–Trinajstić information content (AvgIpc) is 3.46. The van der Waals surface area contributed by atoms with Crippen LogP contribution in [0.3, 0.4) is 0 Å². The van der Waals surface area contributed by atoms with Crippen molar-refractivity contribution < 1.29 is 9.59 Å². The number of hydrogen-bond acceptors (Lipinski definition) is 4. The van der Waals surface area contributed by atoms with Crippen LogP contribution >= 0.6 is 11.3 Å². The molecule has 1 fully saturated rings. The smallest absolute Gasteiger partial charge is 0.264 e. The Morgan fingerprint density at radius 1 is 0.871 bits per heavy atom. The Hall–Kier alpha value is -3.45. The molecule has 5 rings (SSSR count). The van der Waals surface area contributed by atoms with E-state index in [0.717, 1.165) is 27.5 Å². The first-order valence-corrected chi connectivity index (χ1v) is 11.2. The van der Waals surface area contributed by atoms with E-state index in [9.17, 15) is 9.59 Å². The highest BCUT2D eigenvalue weighted by Crippen LogP contribution is 2.25. The second-order valence-electron chi connectivity index (χ2n) is 7.62. The summed E-state index contributed by atoms with van der Waals surface area (Å²) < 4.78 is 1.99. The lowest BCUT2D eigenvalue weighted by Gasteiger charge is -2.34. The van der Waals surface area contributed by atoms with Crippen molar-refractivity contribution in [1.29, 1.82) is 0 Å². The zero-order chi connectivity index (χ0) is 21.4. The second-order valence-corrected chi connectivity index (χ2v) is 8.57. The highest BCUT2D eigenvalue weighted by atomic mass is 32.1. The normalized spacial score (nSPS) is 14.2. The molecule has 1 aliphatic heterocycles. The Balaban J connectivity index is 1.36. The van der Waals surface area contributed by atoms with Crippen LogP contribution in [0.2, 0.25) is 0 Å². The molecule has 3 aromatic heterocycles. The van der Waals surface area contributed by atoms with Gasteiger partial charge in [0.05, 0.1) is 21.8 Å². The maximum Gasteiger partial charge on any atom is 0.264 e. The third kappa shape index (κ3) is 3.61. The van der Waals surface area contributed by atoms with Crippen molar-refractivity contribution in [1.82, 2.24) is 19.2 Å². The fourth-order valence-electron chi connectivity index (χ4n) is 4.08. The van der Waals surface area contributed by atoms with Gasteiger partial charge in [0.1, 0.15) is 5.65 Å². The number of aromatic nitrogens is 2. The van der Waals surface area contributed by atoms with Crippen molar-refractivity contribution in [3.8, 4) is 11.3 Å². The summed E-state index contributed by atoms with van der Waals surface area (Å²) in [6.07, 6.45) is 1.88. The Kier molecular flexibility index (Phi) is 5.03. The van der Waals surface area contributed by atoms with Crippen molar-refractivity contribution in [3.63, 3.8) is 0 Å². The van der Waals surface area contributed by atoms with Crippen LogP contribution in [-0.4, -0.2) is 57.2 Å². The summed E-state index contributed by atoms with van der Waals surface area (Å²) in [5.74, 6) is 0.0281. The van der Waals surface area contributed by atoms with E-state index in [0.29, 0.717) is 31.7 Å².